The van der Waals surface area contributed by atoms with Crippen molar-refractivity contribution in [3.05, 3.63) is 35.8 Å². The Morgan fingerprint density at radius 1 is 1.45 bits per heavy atom. The molecule has 7 heteroatoms. The van der Waals surface area contributed by atoms with Crippen LogP contribution in [0.15, 0.2) is 29.6 Å². The second-order valence-corrected chi connectivity index (χ2v) is 6.51. The molecule has 22 heavy (non-hydrogen) atoms. The van der Waals surface area contributed by atoms with Crippen molar-refractivity contribution in [2.45, 2.75) is 37.3 Å². The third-order valence-corrected chi connectivity index (χ3v) is 4.46. The van der Waals surface area contributed by atoms with Crippen LogP contribution in [0.4, 0.5) is 10.5 Å². The van der Waals surface area contributed by atoms with E-state index in [0.717, 1.165) is 30.0 Å². The molecule has 0 bridgehead atoms. The van der Waals surface area contributed by atoms with Crippen molar-refractivity contribution in [2.75, 3.05) is 11.1 Å². The van der Waals surface area contributed by atoms with E-state index in [-0.39, 0.29) is 12.1 Å². The zero-order valence-electron chi connectivity index (χ0n) is 12.4. The quantitative estimate of drug-likeness (QED) is 0.757. The van der Waals surface area contributed by atoms with Crippen LogP contribution in [0, 0.1) is 0 Å². The molecule has 1 unspecified atom stereocenters. The van der Waals surface area contributed by atoms with E-state index < -0.39 is 0 Å². The highest BCUT2D eigenvalue weighted by atomic mass is 32.2. The number of carbonyl (C=O) groups is 1. The number of aromatic nitrogens is 3. The summed E-state index contributed by atoms with van der Waals surface area (Å²) in [5, 5.41) is 13.9. The Balaban J connectivity index is 1.52. The molecule has 3 rings (SSSR count). The fourth-order valence-corrected chi connectivity index (χ4v) is 3.17. The van der Waals surface area contributed by atoms with E-state index in [1.807, 2.05) is 18.3 Å². The zero-order valence-corrected chi connectivity index (χ0v) is 13.2. The van der Waals surface area contributed by atoms with Gasteiger partial charge in [-0.1, -0.05) is 6.92 Å². The topological polar surface area (TPSA) is 82.7 Å². The molecule has 1 aliphatic rings. The van der Waals surface area contributed by atoms with E-state index in [9.17, 15) is 4.79 Å². The van der Waals surface area contributed by atoms with Gasteiger partial charge in [-0.25, -0.2) is 9.78 Å². The lowest BCUT2D eigenvalue weighted by molar-refractivity contribution is 0.247. The maximum absolute atomic E-state index is 12.1. The first-order valence-corrected chi connectivity index (χ1v) is 8.40. The summed E-state index contributed by atoms with van der Waals surface area (Å²) in [6.07, 6.45) is 6.20. The number of amides is 2. The van der Waals surface area contributed by atoms with E-state index in [0.29, 0.717) is 5.69 Å². The first-order valence-electron chi connectivity index (χ1n) is 7.42. The molecule has 0 fully saturated rings. The lowest BCUT2D eigenvalue weighted by Crippen LogP contribution is -2.41. The smallest absolute Gasteiger partial charge is 0.319 e. The number of aromatic amines is 1. The predicted octanol–water partition coefficient (Wildman–Crippen LogP) is 2.60. The molecule has 2 amide bonds. The number of nitrogens with one attached hydrogen (secondary N) is 3. The number of carbonyl (C=O) groups excluding carboxylic acids is 1. The average molecular weight is 317 g/mol. The molecule has 0 saturated heterocycles. The highest BCUT2D eigenvalue weighted by Gasteiger charge is 2.21. The van der Waals surface area contributed by atoms with Gasteiger partial charge in [0.1, 0.15) is 0 Å². The Morgan fingerprint density at radius 3 is 3.14 bits per heavy atom. The van der Waals surface area contributed by atoms with E-state index in [1.165, 1.54) is 11.3 Å². The van der Waals surface area contributed by atoms with Crippen LogP contribution in [0.3, 0.4) is 0 Å². The molecular formula is C15H19N5OS. The maximum atomic E-state index is 12.1. The molecule has 0 radical (unpaired) electrons. The van der Waals surface area contributed by atoms with Crippen LogP contribution in [-0.2, 0) is 12.8 Å². The van der Waals surface area contributed by atoms with Crippen molar-refractivity contribution in [1.29, 1.82) is 0 Å². The van der Waals surface area contributed by atoms with Crippen molar-refractivity contribution >= 4 is 23.5 Å². The number of H-pyrrole nitrogens is 1. The first-order chi connectivity index (χ1) is 10.7. The Kier molecular flexibility index (Phi) is 4.62. The lowest BCUT2D eigenvalue weighted by Gasteiger charge is -2.22. The summed E-state index contributed by atoms with van der Waals surface area (Å²) in [6.45, 7) is 2.08. The Hall–Kier alpha value is -2.02. The number of anilines is 1. The summed E-state index contributed by atoms with van der Waals surface area (Å²) in [4.78, 5) is 16.4. The molecule has 1 aliphatic carbocycles. The third kappa shape index (κ3) is 3.59. The van der Waals surface area contributed by atoms with Gasteiger partial charge >= 0.3 is 6.03 Å². The molecule has 3 N–H and O–H groups in total. The van der Waals surface area contributed by atoms with Gasteiger partial charge in [0.15, 0.2) is 0 Å². The van der Waals surface area contributed by atoms with E-state index in [2.05, 4.69) is 32.7 Å². The highest BCUT2D eigenvalue weighted by molar-refractivity contribution is 7.99. The minimum absolute atomic E-state index is 0.146. The molecule has 0 saturated carbocycles. The zero-order chi connectivity index (χ0) is 15.4. The van der Waals surface area contributed by atoms with Crippen molar-refractivity contribution in [3.63, 3.8) is 0 Å². The van der Waals surface area contributed by atoms with Gasteiger partial charge in [-0.15, -0.1) is 11.8 Å². The summed E-state index contributed by atoms with van der Waals surface area (Å²) in [5.41, 5.74) is 3.09. The van der Waals surface area contributed by atoms with Gasteiger partial charge < -0.3 is 10.6 Å². The lowest BCUT2D eigenvalue weighted by atomic mass is 9.94. The number of nitrogens with zero attached hydrogens (tertiary/aromatic N) is 2. The van der Waals surface area contributed by atoms with E-state index >= 15 is 0 Å². The van der Waals surface area contributed by atoms with Gasteiger partial charge in [-0.05, 0) is 42.7 Å². The maximum Gasteiger partial charge on any atom is 0.319 e. The van der Waals surface area contributed by atoms with Gasteiger partial charge in [0.05, 0.1) is 23.1 Å². The molecule has 1 atom stereocenters. The number of thioether (sulfide) groups is 1. The van der Waals surface area contributed by atoms with Gasteiger partial charge in [0.25, 0.3) is 0 Å². The van der Waals surface area contributed by atoms with Crippen molar-refractivity contribution in [3.8, 4) is 0 Å². The number of rotatable bonds is 4. The van der Waals surface area contributed by atoms with E-state index in [4.69, 9.17) is 0 Å². The fourth-order valence-electron chi connectivity index (χ4n) is 2.58. The minimum Gasteiger partial charge on any atom is -0.335 e. The second kappa shape index (κ2) is 6.83. The summed E-state index contributed by atoms with van der Waals surface area (Å²) in [6, 6.07) is 3.75. The third-order valence-electron chi connectivity index (χ3n) is 3.64. The molecule has 0 aliphatic heterocycles. The number of aryl methyl sites for hydroxylation is 1. The standard InChI is InChI=1S/C15H19N5OS/c1-2-22-14-6-4-12(9-16-14)19-15(21)18-11-3-5-13-10(7-11)8-17-20-13/h4,6,8-9,11H,2-3,5,7H2,1H3,(H,17,20)(H2,18,19,21). The van der Waals surface area contributed by atoms with Gasteiger partial charge in [0, 0.05) is 11.7 Å². The van der Waals surface area contributed by atoms with Crippen LogP contribution in [0.2, 0.25) is 0 Å². The second-order valence-electron chi connectivity index (χ2n) is 5.23. The minimum atomic E-state index is -0.186. The SMILES string of the molecule is CCSc1ccc(NC(=O)NC2CCc3[nH]ncc3C2)cn1. The number of fused-ring (bicyclic) bond motifs is 1. The molecule has 0 aromatic carbocycles. The average Bonchev–Trinajstić information content (AvgIpc) is 2.97. The van der Waals surface area contributed by atoms with E-state index in [1.54, 1.807) is 18.0 Å². The molecule has 0 spiro atoms. The largest absolute Gasteiger partial charge is 0.335 e. The molecule has 2 heterocycles. The van der Waals surface area contributed by atoms with Crippen molar-refractivity contribution in [2.24, 2.45) is 0 Å². The molecular weight excluding hydrogens is 298 g/mol. The fraction of sp³-hybridized carbons (Fsp3) is 0.400. The van der Waals surface area contributed by atoms with Gasteiger partial charge in [0.2, 0.25) is 0 Å². The van der Waals surface area contributed by atoms with Crippen LogP contribution in [-0.4, -0.2) is 33.0 Å². The predicted molar refractivity (Wildman–Crippen MR) is 87.2 cm³/mol. The molecule has 2 aromatic heterocycles. The summed E-state index contributed by atoms with van der Waals surface area (Å²) >= 11 is 1.68. The summed E-state index contributed by atoms with van der Waals surface area (Å²) in [5.74, 6) is 0.984. The number of hydrogen-bond acceptors (Lipinski definition) is 4. The first kappa shape index (κ1) is 14.9. The van der Waals surface area contributed by atoms with Crippen molar-refractivity contribution < 1.29 is 4.79 Å². The van der Waals surface area contributed by atoms with Gasteiger partial charge in [-0.3, -0.25) is 5.10 Å². The van der Waals surface area contributed by atoms with Crippen LogP contribution in [0.1, 0.15) is 24.6 Å². The number of urea groups is 1. The summed E-state index contributed by atoms with van der Waals surface area (Å²) < 4.78 is 0. The molecule has 116 valence electrons. The Bertz CT molecular complexity index is 640. The van der Waals surface area contributed by atoms with Crippen LogP contribution < -0.4 is 10.6 Å². The molecule has 6 nitrogen and oxygen atoms in total. The Labute approximate surface area is 133 Å². The van der Waals surface area contributed by atoms with Crippen molar-refractivity contribution in [1.82, 2.24) is 20.5 Å². The highest BCUT2D eigenvalue weighted by Crippen LogP contribution is 2.19. The van der Waals surface area contributed by atoms with Gasteiger partial charge in [-0.2, -0.15) is 5.10 Å². The monoisotopic (exact) mass is 317 g/mol. The summed E-state index contributed by atoms with van der Waals surface area (Å²) in [7, 11) is 0. The van der Waals surface area contributed by atoms with Crippen LogP contribution in [0.25, 0.3) is 0 Å². The molecule has 2 aromatic rings. The number of pyridine rings is 1. The normalized spacial score (nSPS) is 16.9. The van der Waals surface area contributed by atoms with Crippen LogP contribution >= 0.6 is 11.8 Å². The van der Waals surface area contributed by atoms with Crippen LogP contribution in [0.5, 0.6) is 0 Å². The number of hydrogen-bond donors (Lipinski definition) is 3. The Morgan fingerprint density at radius 2 is 2.36 bits per heavy atom.